The molecule has 3 aliphatic rings. The first-order valence-corrected chi connectivity index (χ1v) is 16.3. The molecule has 0 amide bonds. The van der Waals surface area contributed by atoms with Crippen LogP contribution in [-0.2, 0) is 17.8 Å². The minimum atomic E-state index is -4.81. The number of benzene rings is 2. The Bertz CT molecular complexity index is 1720. The minimum absolute atomic E-state index is 0.0294. The molecule has 3 saturated carbocycles. The molecule has 3 aliphatic carbocycles. The second-order valence-electron chi connectivity index (χ2n) is 12.2. The number of thioether (sulfide) groups is 1. The van der Waals surface area contributed by atoms with E-state index in [1.807, 2.05) is 6.92 Å². The third-order valence-corrected chi connectivity index (χ3v) is 10.7. The first-order chi connectivity index (χ1) is 21.7. The van der Waals surface area contributed by atoms with E-state index in [1.54, 1.807) is 42.2 Å². The number of aromatic carboxylic acids is 1. The number of furan rings is 1. The van der Waals surface area contributed by atoms with Crippen molar-refractivity contribution in [1.29, 1.82) is 0 Å². The summed E-state index contributed by atoms with van der Waals surface area (Å²) in [7, 11) is 0. The molecule has 2 bridgehead atoms. The van der Waals surface area contributed by atoms with Crippen molar-refractivity contribution < 1.29 is 37.0 Å². The summed E-state index contributed by atoms with van der Waals surface area (Å²) in [6, 6.07) is 11.3. The van der Waals surface area contributed by atoms with Gasteiger partial charge in [0, 0.05) is 34.3 Å². The Morgan fingerprint density at radius 2 is 1.82 bits per heavy atom. The number of nitrogens with zero attached hydrogens (tertiary/aromatic N) is 2. The second-order valence-corrected chi connectivity index (χ2v) is 13.4. The predicted octanol–water partition coefficient (Wildman–Crippen LogP) is 8.79. The molecule has 2 unspecified atom stereocenters. The van der Waals surface area contributed by atoms with Gasteiger partial charge in [0.2, 0.25) is 0 Å². The van der Waals surface area contributed by atoms with Crippen LogP contribution in [0.15, 0.2) is 58.1 Å². The Hall–Kier alpha value is -3.57. The fourth-order valence-electron chi connectivity index (χ4n) is 7.14. The second kappa shape index (κ2) is 12.0. The van der Waals surface area contributed by atoms with Gasteiger partial charge in [-0.3, -0.25) is 4.98 Å². The lowest BCUT2D eigenvalue weighted by molar-refractivity contribution is -0.274. The van der Waals surface area contributed by atoms with Crippen molar-refractivity contribution in [3.05, 3.63) is 71.3 Å². The average molecular weight is 639 g/mol. The van der Waals surface area contributed by atoms with E-state index < -0.39 is 12.3 Å². The normalized spacial score (nSPS) is 23.0. The van der Waals surface area contributed by atoms with Crippen molar-refractivity contribution in [1.82, 2.24) is 9.97 Å². The number of halogens is 3. The Morgan fingerprint density at radius 3 is 2.51 bits per heavy atom. The largest absolute Gasteiger partial charge is 0.573 e. The monoisotopic (exact) mass is 638 g/mol. The molecule has 0 saturated heterocycles. The highest BCUT2D eigenvalue weighted by Gasteiger charge is 2.44. The van der Waals surface area contributed by atoms with Crippen LogP contribution in [0.5, 0.6) is 5.75 Å². The van der Waals surface area contributed by atoms with Gasteiger partial charge in [-0.25, -0.2) is 9.78 Å². The number of aryl methyl sites for hydroxylation is 1. The number of alkyl halides is 3. The van der Waals surface area contributed by atoms with Crippen molar-refractivity contribution in [2.24, 2.45) is 11.8 Å². The molecule has 236 valence electrons. The van der Waals surface area contributed by atoms with Gasteiger partial charge >= 0.3 is 12.3 Å². The molecule has 4 aromatic rings. The average Bonchev–Trinajstić information content (AvgIpc) is 3.75. The Morgan fingerprint density at radius 1 is 1.07 bits per heavy atom. The molecular weight excluding hydrogens is 605 g/mol. The molecule has 2 aromatic carbocycles. The van der Waals surface area contributed by atoms with Gasteiger partial charge in [0.25, 0.3) is 0 Å². The number of carboxylic acids is 1. The topological polar surface area (TPSA) is 94.7 Å². The van der Waals surface area contributed by atoms with Crippen molar-refractivity contribution in [3.8, 4) is 16.9 Å². The number of aromatic nitrogens is 2. The van der Waals surface area contributed by atoms with Gasteiger partial charge < -0.3 is 19.0 Å². The van der Waals surface area contributed by atoms with Gasteiger partial charge in [-0.05, 0) is 68.6 Å². The molecule has 45 heavy (non-hydrogen) atoms. The number of para-hydroxylation sites is 2. The maximum Gasteiger partial charge on any atom is 0.573 e. The van der Waals surface area contributed by atoms with E-state index in [-0.39, 0.29) is 29.9 Å². The van der Waals surface area contributed by atoms with E-state index in [9.17, 15) is 23.1 Å². The summed E-state index contributed by atoms with van der Waals surface area (Å²) in [6.45, 7) is 2.22. The Balaban J connectivity index is 1.09. The highest BCUT2D eigenvalue weighted by Crippen LogP contribution is 2.52. The zero-order valence-corrected chi connectivity index (χ0v) is 25.5. The number of rotatable bonds is 10. The quantitative estimate of drug-likeness (QED) is 0.184. The van der Waals surface area contributed by atoms with Crippen LogP contribution in [0.25, 0.3) is 22.2 Å². The number of hydrogen-bond donors (Lipinski definition) is 1. The summed E-state index contributed by atoms with van der Waals surface area (Å²) in [5.41, 5.74) is 2.96. The molecule has 0 radical (unpaired) electrons. The molecule has 7 rings (SSSR count). The van der Waals surface area contributed by atoms with Crippen molar-refractivity contribution in [2.75, 3.05) is 0 Å². The van der Waals surface area contributed by atoms with Crippen molar-refractivity contribution >= 4 is 28.8 Å². The van der Waals surface area contributed by atoms with Crippen LogP contribution in [0.2, 0.25) is 0 Å². The van der Waals surface area contributed by atoms with Gasteiger partial charge in [-0.1, -0.05) is 31.2 Å². The smallest absolute Gasteiger partial charge is 0.478 e. The number of carbonyl (C=O) groups is 1. The summed E-state index contributed by atoms with van der Waals surface area (Å²) in [5.74, 6) is 1.34. The third-order valence-electron chi connectivity index (χ3n) is 9.23. The molecule has 2 atom stereocenters. The van der Waals surface area contributed by atoms with E-state index in [0.717, 1.165) is 54.9 Å². The zero-order valence-electron chi connectivity index (χ0n) is 24.7. The fraction of sp³-hybridized carbons (Fsp3) is 0.441. The summed E-state index contributed by atoms with van der Waals surface area (Å²) >= 11 is 1.72. The van der Waals surface area contributed by atoms with E-state index in [1.165, 1.54) is 18.2 Å². The molecule has 7 nitrogen and oxygen atoms in total. The van der Waals surface area contributed by atoms with Crippen LogP contribution >= 0.6 is 11.8 Å². The molecule has 0 spiro atoms. The maximum atomic E-state index is 13.3. The number of ether oxygens (including phenoxy) is 2. The van der Waals surface area contributed by atoms with Crippen LogP contribution in [0.3, 0.4) is 0 Å². The number of fused-ring (bicyclic) bond motifs is 3. The van der Waals surface area contributed by atoms with Crippen molar-refractivity contribution in [2.45, 2.75) is 87.1 Å². The van der Waals surface area contributed by atoms with E-state index >= 15 is 0 Å². The molecule has 11 heteroatoms. The first-order valence-electron chi connectivity index (χ1n) is 15.4. The van der Waals surface area contributed by atoms with Crippen LogP contribution in [0, 0.1) is 11.8 Å². The summed E-state index contributed by atoms with van der Waals surface area (Å²) in [4.78, 5) is 20.7. The number of hydrogen-bond acceptors (Lipinski definition) is 7. The predicted molar refractivity (Wildman–Crippen MR) is 162 cm³/mol. The van der Waals surface area contributed by atoms with Gasteiger partial charge in [-0.2, -0.15) is 0 Å². The molecule has 2 aromatic heterocycles. The molecule has 3 fully saturated rings. The van der Waals surface area contributed by atoms with Gasteiger partial charge in [-0.15, -0.1) is 24.9 Å². The Kier molecular flexibility index (Phi) is 8.02. The standard InChI is InChI=1S/C34H33F3N2O5S/c1-2-26-29(22-6-3-4-9-27(22)44-34(35,36)37)24(31(43-26)18-10-11-18)17-42-21-14-19-12-13-20(15-21)32(19)45-28-16-38-30-23(33(40)41)7-5-8-25(30)39-28/h3-9,16,18-21,32H,2,10-15,17H2,1H3,(H,40,41). The van der Waals surface area contributed by atoms with E-state index in [0.29, 0.717) is 51.4 Å². The SMILES string of the molecule is CCc1oc(C2CC2)c(COC2CC3CCC(C2)C3Sc2cnc3c(C(=O)O)cccc3n2)c1-c1ccccc1OC(F)(F)F. The number of carboxylic acid groups (broad SMARTS) is 1. The Labute approximate surface area is 262 Å². The lowest BCUT2D eigenvalue weighted by Crippen LogP contribution is -2.32. The van der Waals surface area contributed by atoms with E-state index in [2.05, 4.69) is 9.72 Å². The summed E-state index contributed by atoms with van der Waals surface area (Å²) < 4.78 is 57.3. The lowest BCUT2D eigenvalue weighted by atomic mass is 9.86. The van der Waals surface area contributed by atoms with Crippen LogP contribution in [0.1, 0.15) is 78.8 Å². The summed E-state index contributed by atoms with van der Waals surface area (Å²) in [5, 5.41) is 10.6. The molecule has 1 N–H and O–H groups in total. The van der Waals surface area contributed by atoms with Crippen LogP contribution in [0.4, 0.5) is 13.2 Å². The van der Waals surface area contributed by atoms with Gasteiger partial charge in [0.15, 0.2) is 0 Å². The van der Waals surface area contributed by atoms with Crippen LogP contribution < -0.4 is 4.74 Å². The summed E-state index contributed by atoms with van der Waals surface area (Å²) in [6.07, 6.45) is 3.38. The zero-order chi connectivity index (χ0) is 31.3. The molecule has 0 aliphatic heterocycles. The van der Waals surface area contributed by atoms with Crippen molar-refractivity contribution in [3.63, 3.8) is 0 Å². The van der Waals surface area contributed by atoms with E-state index in [4.69, 9.17) is 14.1 Å². The first kappa shape index (κ1) is 30.1. The van der Waals surface area contributed by atoms with Gasteiger partial charge in [0.1, 0.15) is 27.8 Å². The highest BCUT2D eigenvalue weighted by atomic mass is 32.2. The minimum Gasteiger partial charge on any atom is -0.478 e. The van der Waals surface area contributed by atoms with Crippen LogP contribution in [-0.4, -0.2) is 38.8 Å². The van der Waals surface area contributed by atoms with Gasteiger partial charge in [0.05, 0.1) is 30.0 Å². The maximum absolute atomic E-state index is 13.3. The molecular formula is C34H33F3N2O5S. The third kappa shape index (κ3) is 6.16. The lowest BCUT2D eigenvalue weighted by Gasteiger charge is -2.34. The molecule has 2 heterocycles. The highest BCUT2D eigenvalue weighted by molar-refractivity contribution is 7.99. The fourth-order valence-corrected chi connectivity index (χ4v) is 8.57.